The van der Waals surface area contributed by atoms with E-state index in [4.69, 9.17) is 0 Å². The van der Waals surface area contributed by atoms with Crippen LogP contribution in [0, 0.1) is 12.1 Å². The Morgan fingerprint density at radius 1 is 1.30 bits per heavy atom. The lowest BCUT2D eigenvalue weighted by atomic mass is 10.1. The van der Waals surface area contributed by atoms with E-state index in [0.29, 0.717) is 16.5 Å². The van der Waals surface area contributed by atoms with Crippen LogP contribution < -0.4 is 5.32 Å². The second-order valence-electron chi connectivity index (χ2n) is 6.13. The highest BCUT2D eigenvalue weighted by atomic mass is 32.1. The van der Waals surface area contributed by atoms with Crippen LogP contribution >= 0.6 is 11.3 Å². The Kier molecular flexibility index (Phi) is 7.42. The molecule has 144 valence electrons. The maximum atomic E-state index is 14.5. The van der Waals surface area contributed by atoms with E-state index in [-0.39, 0.29) is 10.8 Å². The standard InChI is InChI=1S/C21H25F2N3S/c1-6-9-16-13(4)24-21(18-10-11-19(23)27-18)26-20(16)25-14(5)17(22)12-15(7-2)8-3/h7,10-12H,5-6,8-9H2,1-4H3,(H,24,25,26)/b15-7-,17-12+. The molecule has 1 N–H and O–H groups in total. The lowest BCUT2D eigenvalue weighted by Crippen LogP contribution is -2.09. The molecule has 0 aromatic carbocycles. The first-order chi connectivity index (χ1) is 12.9. The molecule has 0 aliphatic rings. The molecule has 2 heterocycles. The van der Waals surface area contributed by atoms with Gasteiger partial charge in [0.25, 0.3) is 0 Å². The first-order valence-corrected chi connectivity index (χ1v) is 9.83. The van der Waals surface area contributed by atoms with Crippen molar-refractivity contribution in [2.45, 2.75) is 47.0 Å². The summed E-state index contributed by atoms with van der Waals surface area (Å²) < 4.78 is 27.9. The van der Waals surface area contributed by atoms with Crippen molar-refractivity contribution >= 4 is 17.2 Å². The number of thiophene rings is 1. The van der Waals surface area contributed by atoms with E-state index in [1.54, 1.807) is 6.07 Å². The average Bonchev–Trinajstić information content (AvgIpc) is 3.08. The number of nitrogens with zero attached hydrogens (tertiary/aromatic N) is 2. The minimum absolute atomic E-state index is 0.140. The van der Waals surface area contributed by atoms with Gasteiger partial charge in [-0.15, -0.1) is 11.3 Å². The van der Waals surface area contributed by atoms with Gasteiger partial charge in [0, 0.05) is 11.3 Å². The Morgan fingerprint density at radius 3 is 2.59 bits per heavy atom. The second-order valence-corrected chi connectivity index (χ2v) is 7.16. The molecule has 0 amide bonds. The van der Waals surface area contributed by atoms with Crippen LogP contribution in [0.5, 0.6) is 0 Å². The SMILES string of the molecule is C=C(Nc1nc(-c2ccc(F)s2)nc(C)c1CCC)/C(F)=C\C(=C/C)CC. The average molecular weight is 390 g/mol. The summed E-state index contributed by atoms with van der Waals surface area (Å²) in [5, 5.41) is 2.71. The molecule has 0 saturated heterocycles. The topological polar surface area (TPSA) is 37.8 Å². The van der Waals surface area contributed by atoms with E-state index in [1.165, 1.54) is 12.1 Å². The fourth-order valence-electron chi connectivity index (χ4n) is 2.64. The number of aromatic nitrogens is 2. The predicted octanol–water partition coefficient (Wildman–Crippen LogP) is 6.74. The minimum Gasteiger partial charge on any atom is -0.338 e. The molecule has 0 bridgehead atoms. The maximum Gasteiger partial charge on any atom is 0.177 e. The fourth-order valence-corrected chi connectivity index (χ4v) is 3.30. The first kappa shape index (κ1) is 21.0. The first-order valence-electron chi connectivity index (χ1n) is 9.01. The molecule has 6 heteroatoms. The fraction of sp³-hybridized carbons (Fsp3) is 0.333. The van der Waals surface area contributed by atoms with Crippen molar-refractivity contribution < 1.29 is 8.78 Å². The molecule has 0 aliphatic carbocycles. The molecule has 0 fully saturated rings. The molecule has 0 atom stereocenters. The van der Waals surface area contributed by atoms with Gasteiger partial charge < -0.3 is 5.32 Å². The Balaban J connectivity index is 2.41. The molecular formula is C21H25F2N3S. The molecule has 3 nitrogen and oxygen atoms in total. The third-order valence-corrected chi connectivity index (χ3v) is 5.03. The van der Waals surface area contributed by atoms with Gasteiger partial charge in [-0.1, -0.05) is 32.9 Å². The summed E-state index contributed by atoms with van der Waals surface area (Å²) in [7, 11) is 0. The van der Waals surface area contributed by atoms with Gasteiger partial charge in [-0.2, -0.15) is 4.39 Å². The molecule has 0 unspecified atom stereocenters. The van der Waals surface area contributed by atoms with Gasteiger partial charge in [0.1, 0.15) is 11.6 Å². The van der Waals surface area contributed by atoms with Crippen molar-refractivity contribution in [1.29, 1.82) is 0 Å². The van der Waals surface area contributed by atoms with E-state index >= 15 is 0 Å². The van der Waals surface area contributed by atoms with Crippen molar-refractivity contribution in [2.24, 2.45) is 0 Å². The molecule has 0 radical (unpaired) electrons. The van der Waals surface area contributed by atoms with Gasteiger partial charge in [-0.3, -0.25) is 0 Å². The third kappa shape index (κ3) is 5.32. The Morgan fingerprint density at radius 2 is 2.04 bits per heavy atom. The lowest BCUT2D eigenvalue weighted by molar-refractivity contribution is 0.651. The van der Waals surface area contributed by atoms with Crippen LogP contribution in [0.3, 0.4) is 0 Å². The molecular weight excluding hydrogens is 364 g/mol. The summed E-state index contributed by atoms with van der Waals surface area (Å²) in [6.45, 7) is 11.6. The summed E-state index contributed by atoms with van der Waals surface area (Å²) in [5.74, 6) is 0.497. The molecule has 2 rings (SSSR count). The van der Waals surface area contributed by atoms with Crippen molar-refractivity contribution in [3.63, 3.8) is 0 Å². The van der Waals surface area contributed by atoms with Gasteiger partial charge >= 0.3 is 0 Å². The summed E-state index contributed by atoms with van der Waals surface area (Å²) in [6.07, 6.45) is 5.72. The van der Waals surface area contributed by atoms with Crippen molar-refractivity contribution in [1.82, 2.24) is 9.97 Å². The van der Waals surface area contributed by atoms with Crippen LogP contribution in [-0.4, -0.2) is 9.97 Å². The normalized spacial score (nSPS) is 12.4. The summed E-state index contributed by atoms with van der Waals surface area (Å²) >= 11 is 0.982. The summed E-state index contributed by atoms with van der Waals surface area (Å²) in [6, 6.07) is 3.03. The zero-order valence-corrected chi connectivity index (χ0v) is 17.0. The third-order valence-electron chi connectivity index (χ3n) is 4.16. The Bertz CT molecular complexity index is 882. The van der Waals surface area contributed by atoms with Crippen molar-refractivity contribution in [2.75, 3.05) is 5.32 Å². The Labute approximate surface area is 163 Å². The van der Waals surface area contributed by atoms with Crippen molar-refractivity contribution in [3.8, 4) is 10.7 Å². The van der Waals surface area contributed by atoms with Gasteiger partial charge in [-0.25, -0.2) is 14.4 Å². The molecule has 27 heavy (non-hydrogen) atoms. The van der Waals surface area contributed by atoms with Gasteiger partial charge in [0.15, 0.2) is 11.0 Å². The zero-order chi connectivity index (χ0) is 20.0. The number of rotatable bonds is 8. The summed E-state index contributed by atoms with van der Waals surface area (Å²) in [5.41, 5.74) is 2.73. The number of allylic oxidation sites excluding steroid dienone is 4. The summed E-state index contributed by atoms with van der Waals surface area (Å²) in [4.78, 5) is 9.67. The number of hydrogen-bond acceptors (Lipinski definition) is 4. The largest absolute Gasteiger partial charge is 0.338 e. The van der Waals surface area contributed by atoms with E-state index < -0.39 is 5.83 Å². The molecule has 2 aromatic heterocycles. The van der Waals surface area contributed by atoms with Crippen molar-refractivity contribution in [3.05, 3.63) is 64.3 Å². The minimum atomic E-state index is -0.438. The van der Waals surface area contributed by atoms with Gasteiger partial charge in [0.2, 0.25) is 0 Å². The predicted molar refractivity (Wildman–Crippen MR) is 110 cm³/mol. The zero-order valence-electron chi connectivity index (χ0n) is 16.2. The molecule has 0 spiro atoms. The van der Waals surface area contributed by atoms with E-state index in [0.717, 1.165) is 47.4 Å². The Hall–Kier alpha value is -2.34. The number of anilines is 1. The molecule has 0 aliphatic heterocycles. The second kappa shape index (κ2) is 9.55. The van der Waals surface area contributed by atoms with Crippen LogP contribution in [0.25, 0.3) is 10.7 Å². The number of aryl methyl sites for hydroxylation is 1. The van der Waals surface area contributed by atoms with E-state index in [2.05, 4.69) is 28.8 Å². The van der Waals surface area contributed by atoms with Gasteiger partial charge in [0.05, 0.1) is 10.6 Å². The van der Waals surface area contributed by atoms with Crippen LogP contribution in [0.4, 0.5) is 14.6 Å². The monoisotopic (exact) mass is 389 g/mol. The quantitative estimate of drug-likeness (QED) is 0.508. The molecule has 0 saturated carbocycles. The van der Waals surface area contributed by atoms with Crippen LogP contribution in [0.15, 0.2) is 48.0 Å². The maximum absolute atomic E-state index is 14.5. The lowest BCUT2D eigenvalue weighted by Gasteiger charge is -2.15. The highest BCUT2D eigenvalue weighted by Gasteiger charge is 2.15. The van der Waals surface area contributed by atoms with Crippen LogP contribution in [0.2, 0.25) is 0 Å². The van der Waals surface area contributed by atoms with Crippen LogP contribution in [0.1, 0.15) is 44.9 Å². The number of nitrogens with one attached hydrogen (secondary N) is 1. The van der Waals surface area contributed by atoms with E-state index in [1.807, 2.05) is 26.8 Å². The smallest absolute Gasteiger partial charge is 0.177 e. The van der Waals surface area contributed by atoms with Gasteiger partial charge in [-0.05, 0) is 50.5 Å². The van der Waals surface area contributed by atoms with E-state index in [9.17, 15) is 8.78 Å². The number of hydrogen-bond donors (Lipinski definition) is 1. The van der Waals surface area contributed by atoms with Crippen LogP contribution in [-0.2, 0) is 6.42 Å². The molecule has 2 aromatic rings. The highest BCUT2D eigenvalue weighted by Crippen LogP contribution is 2.29. The number of halogens is 2. The highest BCUT2D eigenvalue weighted by molar-refractivity contribution is 7.13.